The maximum atomic E-state index is 11.0. The number of benzene rings is 1. The number of rotatable bonds is 3. The first-order valence-corrected chi connectivity index (χ1v) is 4.95. The Balaban J connectivity index is 2.83. The molecule has 1 rings (SSSR count). The van der Waals surface area contributed by atoms with Gasteiger partial charge in [-0.2, -0.15) is 0 Å². The number of primary amides is 1. The normalized spacial score (nSPS) is 11.1. The molecule has 0 bridgehead atoms. The van der Waals surface area contributed by atoms with Crippen LogP contribution in [0.25, 0.3) is 0 Å². The molecule has 1 aromatic carbocycles. The van der Waals surface area contributed by atoms with Gasteiger partial charge in [-0.15, -0.1) is 0 Å². The molecule has 0 saturated carbocycles. The summed E-state index contributed by atoms with van der Waals surface area (Å²) in [7, 11) is 0. The molecule has 0 aliphatic carbocycles. The van der Waals surface area contributed by atoms with E-state index in [1.165, 1.54) is 0 Å². The van der Waals surface area contributed by atoms with Crippen LogP contribution in [0, 0.1) is 0 Å². The lowest BCUT2D eigenvalue weighted by Gasteiger charge is -2.22. The SMILES string of the molecule is CC(C)(Oc1cccc(Br)c1)C(N)=O. The van der Waals surface area contributed by atoms with Crippen molar-refractivity contribution in [3.05, 3.63) is 28.7 Å². The van der Waals surface area contributed by atoms with Gasteiger partial charge in [0.25, 0.3) is 5.91 Å². The van der Waals surface area contributed by atoms with E-state index in [0.717, 1.165) is 4.47 Å². The van der Waals surface area contributed by atoms with Crippen LogP contribution in [-0.2, 0) is 4.79 Å². The zero-order chi connectivity index (χ0) is 10.8. The van der Waals surface area contributed by atoms with Gasteiger partial charge >= 0.3 is 0 Å². The van der Waals surface area contributed by atoms with Gasteiger partial charge in [0, 0.05) is 4.47 Å². The highest BCUT2D eigenvalue weighted by atomic mass is 79.9. The lowest BCUT2D eigenvalue weighted by Crippen LogP contribution is -2.43. The molecule has 76 valence electrons. The van der Waals surface area contributed by atoms with Crippen molar-refractivity contribution in [1.82, 2.24) is 0 Å². The molecule has 0 aliphatic heterocycles. The summed E-state index contributed by atoms with van der Waals surface area (Å²) in [5.41, 5.74) is 4.20. The highest BCUT2D eigenvalue weighted by Gasteiger charge is 2.26. The Labute approximate surface area is 91.4 Å². The zero-order valence-corrected chi connectivity index (χ0v) is 9.67. The second kappa shape index (κ2) is 4.00. The van der Waals surface area contributed by atoms with Gasteiger partial charge in [-0.25, -0.2) is 0 Å². The average Bonchev–Trinajstić information content (AvgIpc) is 2.02. The molecule has 4 heteroatoms. The fourth-order valence-corrected chi connectivity index (χ4v) is 1.25. The Bertz CT molecular complexity index is 350. The predicted octanol–water partition coefficient (Wildman–Crippen LogP) is 2.09. The van der Waals surface area contributed by atoms with E-state index in [1.54, 1.807) is 26.0 Å². The molecule has 0 saturated heterocycles. The molecular formula is C10H12BrNO2. The van der Waals surface area contributed by atoms with Gasteiger partial charge < -0.3 is 10.5 Å². The van der Waals surface area contributed by atoms with Crippen LogP contribution in [0.2, 0.25) is 0 Å². The Kier molecular flexibility index (Phi) is 3.16. The molecule has 0 radical (unpaired) electrons. The summed E-state index contributed by atoms with van der Waals surface area (Å²) in [5, 5.41) is 0. The topological polar surface area (TPSA) is 52.3 Å². The second-order valence-corrected chi connectivity index (χ2v) is 4.35. The highest BCUT2D eigenvalue weighted by molar-refractivity contribution is 9.10. The number of halogens is 1. The minimum Gasteiger partial charge on any atom is -0.478 e. The second-order valence-electron chi connectivity index (χ2n) is 3.43. The summed E-state index contributed by atoms with van der Waals surface area (Å²) in [6.07, 6.45) is 0. The van der Waals surface area contributed by atoms with Crippen LogP contribution in [0.4, 0.5) is 0 Å². The number of hydrogen-bond acceptors (Lipinski definition) is 2. The Hall–Kier alpha value is -1.03. The average molecular weight is 258 g/mol. The van der Waals surface area contributed by atoms with Gasteiger partial charge in [0.15, 0.2) is 5.60 Å². The van der Waals surface area contributed by atoms with Gasteiger partial charge in [0.2, 0.25) is 0 Å². The molecule has 0 aromatic heterocycles. The third-order valence-corrected chi connectivity index (χ3v) is 2.26. The minimum absolute atomic E-state index is 0.488. The summed E-state index contributed by atoms with van der Waals surface area (Å²) in [6, 6.07) is 7.26. The van der Waals surface area contributed by atoms with Gasteiger partial charge in [0.05, 0.1) is 0 Å². The van der Waals surface area contributed by atoms with Crippen molar-refractivity contribution < 1.29 is 9.53 Å². The number of amides is 1. The van der Waals surface area contributed by atoms with Crippen LogP contribution >= 0.6 is 15.9 Å². The summed E-state index contributed by atoms with van der Waals surface area (Å²) in [5.74, 6) is 0.126. The van der Waals surface area contributed by atoms with Gasteiger partial charge in [-0.3, -0.25) is 4.79 Å². The zero-order valence-electron chi connectivity index (χ0n) is 8.08. The van der Waals surface area contributed by atoms with E-state index in [2.05, 4.69) is 15.9 Å². The van der Waals surface area contributed by atoms with Crippen LogP contribution in [0.1, 0.15) is 13.8 Å². The summed E-state index contributed by atoms with van der Waals surface area (Å²) >= 11 is 3.31. The van der Waals surface area contributed by atoms with Crippen LogP contribution in [0.3, 0.4) is 0 Å². The molecule has 0 aliphatic rings. The first-order valence-electron chi connectivity index (χ1n) is 4.16. The maximum absolute atomic E-state index is 11.0. The number of nitrogens with two attached hydrogens (primary N) is 1. The number of carbonyl (C=O) groups excluding carboxylic acids is 1. The monoisotopic (exact) mass is 257 g/mol. The molecule has 0 spiro atoms. The molecule has 1 aromatic rings. The number of carbonyl (C=O) groups is 1. The van der Waals surface area contributed by atoms with Crippen molar-refractivity contribution in [2.24, 2.45) is 5.73 Å². The van der Waals surface area contributed by atoms with Crippen LogP contribution in [0.15, 0.2) is 28.7 Å². The maximum Gasteiger partial charge on any atom is 0.261 e. The van der Waals surface area contributed by atoms with Crippen molar-refractivity contribution in [2.45, 2.75) is 19.4 Å². The van der Waals surface area contributed by atoms with E-state index in [-0.39, 0.29) is 0 Å². The number of ether oxygens (including phenoxy) is 1. The molecule has 0 heterocycles. The van der Waals surface area contributed by atoms with E-state index in [1.807, 2.05) is 12.1 Å². The first-order chi connectivity index (χ1) is 6.42. The molecular weight excluding hydrogens is 246 g/mol. The largest absolute Gasteiger partial charge is 0.478 e. The highest BCUT2D eigenvalue weighted by Crippen LogP contribution is 2.22. The quantitative estimate of drug-likeness (QED) is 0.902. The third-order valence-electron chi connectivity index (χ3n) is 1.76. The van der Waals surface area contributed by atoms with Crippen LogP contribution in [0.5, 0.6) is 5.75 Å². The van der Waals surface area contributed by atoms with Crippen LogP contribution < -0.4 is 10.5 Å². The van der Waals surface area contributed by atoms with Crippen molar-refractivity contribution in [1.29, 1.82) is 0 Å². The third kappa shape index (κ3) is 2.73. The minimum atomic E-state index is -0.985. The molecule has 14 heavy (non-hydrogen) atoms. The molecule has 0 atom stereocenters. The Morgan fingerprint density at radius 2 is 2.14 bits per heavy atom. The lowest BCUT2D eigenvalue weighted by molar-refractivity contribution is -0.130. The fraction of sp³-hybridized carbons (Fsp3) is 0.300. The van der Waals surface area contributed by atoms with E-state index >= 15 is 0 Å². The van der Waals surface area contributed by atoms with Gasteiger partial charge in [0.1, 0.15) is 5.75 Å². The van der Waals surface area contributed by atoms with Crippen molar-refractivity contribution in [2.75, 3.05) is 0 Å². The smallest absolute Gasteiger partial charge is 0.261 e. The Morgan fingerprint density at radius 1 is 1.50 bits per heavy atom. The van der Waals surface area contributed by atoms with Gasteiger partial charge in [-0.1, -0.05) is 22.0 Å². The van der Waals surface area contributed by atoms with E-state index < -0.39 is 11.5 Å². The molecule has 1 amide bonds. The lowest BCUT2D eigenvalue weighted by atomic mass is 10.1. The predicted molar refractivity (Wildman–Crippen MR) is 58.0 cm³/mol. The van der Waals surface area contributed by atoms with Crippen molar-refractivity contribution in [3.63, 3.8) is 0 Å². The standard InChI is InChI=1S/C10H12BrNO2/c1-10(2,9(12)13)14-8-5-3-4-7(11)6-8/h3-6H,1-2H3,(H2,12,13). The summed E-state index contributed by atoms with van der Waals surface area (Å²) in [6.45, 7) is 3.27. The summed E-state index contributed by atoms with van der Waals surface area (Å²) in [4.78, 5) is 11.0. The van der Waals surface area contributed by atoms with Crippen molar-refractivity contribution in [3.8, 4) is 5.75 Å². The summed E-state index contributed by atoms with van der Waals surface area (Å²) < 4.78 is 6.34. The van der Waals surface area contributed by atoms with E-state index in [4.69, 9.17) is 10.5 Å². The molecule has 0 fully saturated rings. The van der Waals surface area contributed by atoms with E-state index in [0.29, 0.717) is 5.75 Å². The number of hydrogen-bond donors (Lipinski definition) is 1. The first kappa shape index (κ1) is 11.0. The van der Waals surface area contributed by atoms with Crippen LogP contribution in [-0.4, -0.2) is 11.5 Å². The van der Waals surface area contributed by atoms with Gasteiger partial charge in [-0.05, 0) is 32.0 Å². The molecule has 3 nitrogen and oxygen atoms in total. The molecule has 2 N–H and O–H groups in total. The van der Waals surface area contributed by atoms with Crippen molar-refractivity contribution >= 4 is 21.8 Å². The molecule has 0 unspecified atom stereocenters. The fourth-order valence-electron chi connectivity index (χ4n) is 0.875. The Morgan fingerprint density at radius 3 is 2.64 bits per heavy atom. The van der Waals surface area contributed by atoms with E-state index in [9.17, 15) is 4.79 Å².